The Bertz CT molecular complexity index is 902. The Morgan fingerprint density at radius 1 is 1.20 bits per heavy atom. The van der Waals surface area contributed by atoms with Crippen molar-refractivity contribution >= 4 is 10.9 Å². The van der Waals surface area contributed by atoms with E-state index < -0.39 is 0 Å². The van der Waals surface area contributed by atoms with Gasteiger partial charge < -0.3 is 20.1 Å². The Balaban J connectivity index is 1.78. The molecule has 4 nitrogen and oxygen atoms in total. The second kappa shape index (κ2) is 7.15. The molecule has 3 rings (SSSR count). The normalized spacial score (nSPS) is 11.2. The molecule has 0 aliphatic carbocycles. The van der Waals surface area contributed by atoms with E-state index in [1.165, 1.54) is 7.11 Å². The number of ether oxygens (including phenoxy) is 1. The van der Waals surface area contributed by atoms with E-state index in [-0.39, 0.29) is 11.6 Å². The summed E-state index contributed by atoms with van der Waals surface area (Å²) in [6, 6.07) is 8.44. The number of rotatable bonds is 6. The van der Waals surface area contributed by atoms with Gasteiger partial charge in [-0.2, -0.15) is 0 Å². The van der Waals surface area contributed by atoms with Gasteiger partial charge in [-0.1, -0.05) is 13.0 Å². The van der Waals surface area contributed by atoms with Crippen molar-refractivity contribution in [2.45, 2.75) is 33.4 Å². The summed E-state index contributed by atoms with van der Waals surface area (Å²) in [5.74, 6) is 0.336. The van der Waals surface area contributed by atoms with E-state index >= 15 is 0 Å². The van der Waals surface area contributed by atoms with E-state index in [4.69, 9.17) is 4.74 Å². The summed E-state index contributed by atoms with van der Waals surface area (Å²) in [7, 11) is 1.52. The van der Waals surface area contributed by atoms with Crippen molar-refractivity contribution in [3.05, 3.63) is 58.5 Å². The Hall–Kier alpha value is -2.53. The van der Waals surface area contributed by atoms with Crippen molar-refractivity contribution in [3.63, 3.8) is 0 Å². The molecular weight excluding hydrogens is 319 g/mol. The third-order valence-corrected chi connectivity index (χ3v) is 4.56. The fraction of sp³-hybridized carbons (Fsp3) is 0.300. The molecule has 0 unspecified atom stereocenters. The number of benzene rings is 2. The topological polar surface area (TPSA) is 57.3 Å². The van der Waals surface area contributed by atoms with E-state index in [1.807, 2.05) is 13.0 Å². The molecule has 0 aliphatic rings. The van der Waals surface area contributed by atoms with E-state index in [0.717, 1.165) is 39.7 Å². The number of aromatic nitrogens is 1. The first-order valence-corrected chi connectivity index (χ1v) is 8.39. The van der Waals surface area contributed by atoms with Crippen LogP contribution in [0.1, 0.15) is 29.3 Å². The third kappa shape index (κ3) is 3.46. The minimum atomic E-state index is -0.226. The SMILES string of the molecule is CCc1[nH]c2c(CNCc3ccc(OC)c(O)c3)cc(F)cc2c1C. The fourth-order valence-electron chi connectivity index (χ4n) is 3.19. The third-order valence-electron chi connectivity index (χ3n) is 4.56. The minimum absolute atomic E-state index is 0.113. The average Bonchev–Trinajstić information content (AvgIpc) is 2.91. The van der Waals surface area contributed by atoms with Crippen molar-refractivity contribution < 1.29 is 14.2 Å². The molecule has 0 spiro atoms. The number of H-pyrrole nitrogens is 1. The number of aromatic hydroxyl groups is 1. The second-order valence-electron chi connectivity index (χ2n) is 6.18. The highest BCUT2D eigenvalue weighted by Crippen LogP contribution is 2.27. The Morgan fingerprint density at radius 3 is 2.68 bits per heavy atom. The number of aryl methyl sites for hydroxylation is 2. The minimum Gasteiger partial charge on any atom is -0.504 e. The van der Waals surface area contributed by atoms with Crippen LogP contribution in [0.25, 0.3) is 10.9 Å². The zero-order valence-corrected chi connectivity index (χ0v) is 14.7. The lowest BCUT2D eigenvalue weighted by Gasteiger charge is -2.09. The summed E-state index contributed by atoms with van der Waals surface area (Å²) in [6.45, 7) is 5.20. The van der Waals surface area contributed by atoms with Gasteiger partial charge in [0.2, 0.25) is 0 Å². The number of fused-ring (bicyclic) bond motifs is 1. The Morgan fingerprint density at radius 2 is 2.00 bits per heavy atom. The van der Waals surface area contributed by atoms with E-state index in [2.05, 4.69) is 17.2 Å². The molecule has 1 heterocycles. The van der Waals surface area contributed by atoms with Crippen LogP contribution in [0.15, 0.2) is 30.3 Å². The summed E-state index contributed by atoms with van der Waals surface area (Å²) in [4.78, 5) is 3.42. The molecule has 0 atom stereocenters. The molecule has 0 aliphatic heterocycles. The zero-order valence-electron chi connectivity index (χ0n) is 14.7. The van der Waals surface area contributed by atoms with Crippen LogP contribution in [0, 0.1) is 12.7 Å². The van der Waals surface area contributed by atoms with Gasteiger partial charge in [-0.15, -0.1) is 0 Å². The molecule has 0 fully saturated rings. The number of methoxy groups -OCH3 is 1. The molecule has 3 aromatic rings. The molecule has 0 radical (unpaired) electrons. The molecule has 2 aromatic carbocycles. The van der Waals surface area contributed by atoms with E-state index in [9.17, 15) is 9.50 Å². The van der Waals surface area contributed by atoms with Crippen LogP contribution in [-0.4, -0.2) is 17.2 Å². The number of phenolic OH excluding ortho intramolecular Hbond substituents is 1. The van der Waals surface area contributed by atoms with E-state index in [0.29, 0.717) is 18.8 Å². The summed E-state index contributed by atoms with van der Waals surface area (Å²) in [6.07, 6.45) is 0.889. The fourth-order valence-corrected chi connectivity index (χ4v) is 3.19. The first-order valence-electron chi connectivity index (χ1n) is 8.39. The molecule has 5 heteroatoms. The Kier molecular flexibility index (Phi) is 4.95. The van der Waals surface area contributed by atoms with Crippen molar-refractivity contribution in [2.24, 2.45) is 0 Å². The molecule has 25 heavy (non-hydrogen) atoms. The highest BCUT2D eigenvalue weighted by molar-refractivity contribution is 5.87. The highest BCUT2D eigenvalue weighted by Gasteiger charge is 2.12. The maximum atomic E-state index is 14.0. The van der Waals surface area contributed by atoms with Gasteiger partial charge in [-0.05, 0) is 54.3 Å². The Labute approximate surface area is 146 Å². The molecule has 0 saturated carbocycles. The maximum Gasteiger partial charge on any atom is 0.160 e. The van der Waals surface area contributed by atoms with Gasteiger partial charge in [0.15, 0.2) is 11.5 Å². The number of aromatic amines is 1. The van der Waals surface area contributed by atoms with Gasteiger partial charge >= 0.3 is 0 Å². The number of halogens is 1. The lowest BCUT2D eigenvalue weighted by atomic mass is 10.1. The summed E-state index contributed by atoms with van der Waals surface area (Å²) >= 11 is 0. The van der Waals surface area contributed by atoms with Crippen LogP contribution in [0.5, 0.6) is 11.5 Å². The van der Waals surface area contributed by atoms with Crippen LogP contribution in [-0.2, 0) is 19.5 Å². The highest BCUT2D eigenvalue weighted by atomic mass is 19.1. The standard InChI is InChI=1S/C20H23FN2O2/c1-4-17-12(2)16-9-15(21)8-14(20(16)23-17)11-22-10-13-5-6-19(25-3)18(24)7-13/h5-9,22-24H,4,10-11H2,1-3H3. The lowest BCUT2D eigenvalue weighted by molar-refractivity contribution is 0.373. The van der Waals surface area contributed by atoms with Crippen molar-refractivity contribution in [1.29, 1.82) is 0 Å². The molecule has 0 saturated heterocycles. The molecular formula is C20H23FN2O2. The van der Waals surface area contributed by atoms with Gasteiger partial charge in [0.05, 0.1) is 12.6 Å². The number of nitrogens with one attached hydrogen (secondary N) is 2. The summed E-state index contributed by atoms with van der Waals surface area (Å²) in [5.41, 5.74) is 5.07. The number of hydrogen-bond donors (Lipinski definition) is 3. The molecule has 1 aromatic heterocycles. The van der Waals surface area contributed by atoms with Gasteiger partial charge in [0.1, 0.15) is 5.82 Å². The average molecular weight is 342 g/mol. The largest absolute Gasteiger partial charge is 0.504 e. The quantitative estimate of drug-likeness (QED) is 0.630. The van der Waals surface area contributed by atoms with E-state index in [1.54, 1.807) is 24.3 Å². The smallest absolute Gasteiger partial charge is 0.160 e. The zero-order chi connectivity index (χ0) is 18.0. The lowest BCUT2D eigenvalue weighted by Crippen LogP contribution is -2.13. The van der Waals surface area contributed by atoms with Gasteiger partial charge in [-0.25, -0.2) is 4.39 Å². The maximum absolute atomic E-state index is 14.0. The van der Waals surface area contributed by atoms with Crippen molar-refractivity contribution in [2.75, 3.05) is 7.11 Å². The molecule has 0 bridgehead atoms. The monoisotopic (exact) mass is 342 g/mol. The number of phenols is 1. The predicted octanol–water partition coefficient (Wildman–Crippen LogP) is 4.18. The van der Waals surface area contributed by atoms with Crippen LogP contribution in [0.4, 0.5) is 4.39 Å². The first-order chi connectivity index (χ1) is 12.0. The van der Waals surface area contributed by atoms with Crippen molar-refractivity contribution in [1.82, 2.24) is 10.3 Å². The number of hydrogen-bond acceptors (Lipinski definition) is 3. The summed E-state index contributed by atoms with van der Waals surface area (Å²) < 4.78 is 19.0. The molecule has 0 amide bonds. The van der Waals surface area contributed by atoms with Crippen LogP contribution in [0.2, 0.25) is 0 Å². The predicted molar refractivity (Wildman–Crippen MR) is 97.6 cm³/mol. The first kappa shape index (κ1) is 17.3. The molecule has 3 N–H and O–H groups in total. The van der Waals surface area contributed by atoms with Gasteiger partial charge in [-0.3, -0.25) is 0 Å². The second-order valence-corrected chi connectivity index (χ2v) is 6.18. The van der Waals surface area contributed by atoms with Crippen LogP contribution < -0.4 is 10.1 Å². The summed E-state index contributed by atoms with van der Waals surface area (Å²) in [5, 5.41) is 14.1. The van der Waals surface area contributed by atoms with Crippen LogP contribution in [0.3, 0.4) is 0 Å². The van der Waals surface area contributed by atoms with Crippen molar-refractivity contribution in [3.8, 4) is 11.5 Å². The van der Waals surface area contributed by atoms with Gasteiger partial charge in [0, 0.05) is 24.2 Å². The molecule has 132 valence electrons. The van der Waals surface area contributed by atoms with Crippen LogP contribution >= 0.6 is 0 Å². The van der Waals surface area contributed by atoms with Gasteiger partial charge in [0.25, 0.3) is 0 Å².